The van der Waals surface area contributed by atoms with Crippen molar-refractivity contribution in [3.8, 4) is 0 Å². The second kappa shape index (κ2) is 8.10. The van der Waals surface area contributed by atoms with Gasteiger partial charge in [-0.15, -0.1) is 0 Å². The first-order valence-electron chi connectivity index (χ1n) is 9.34. The zero-order valence-corrected chi connectivity index (χ0v) is 16.6. The number of nitrogens with zero attached hydrogens (tertiary/aromatic N) is 4. The van der Waals surface area contributed by atoms with E-state index in [1.807, 2.05) is 38.1 Å². The van der Waals surface area contributed by atoms with Crippen molar-refractivity contribution in [3.05, 3.63) is 47.5 Å². The van der Waals surface area contributed by atoms with Crippen molar-refractivity contribution >= 4 is 29.3 Å². The van der Waals surface area contributed by atoms with Crippen molar-refractivity contribution in [1.29, 1.82) is 0 Å². The van der Waals surface area contributed by atoms with E-state index in [0.717, 1.165) is 23.3 Å². The fourth-order valence-electron chi connectivity index (χ4n) is 2.73. The van der Waals surface area contributed by atoms with Crippen LogP contribution < -0.4 is 5.32 Å². The van der Waals surface area contributed by atoms with Crippen LogP contribution in [-0.4, -0.2) is 25.9 Å². The summed E-state index contributed by atoms with van der Waals surface area (Å²) in [4.78, 5) is 26.4. The first kappa shape index (κ1) is 18.6. The highest BCUT2D eigenvalue weighted by molar-refractivity contribution is 7.99. The molecule has 2 heterocycles. The van der Waals surface area contributed by atoms with Crippen LogP contribution in [0.15, 0.2) is 44.9 Å². The summed E-state index contributed by atoms with van der Waals surface area (Å²) in [5.74, 6) is 3.06. The molecule has 28 heavy (non-hydrogen) atoms. The summed E-state index contributed by atoms with van der Waals surface area (Å²) < 4.78 is 5.06. The molecule has 4 rings (SSSR count). The SMILES string of the molecule is CCc1nc(Nc2cc(C)on2)nc(Sc2ccc(CC(=O)C3CC3)cc2)n1. The third kappa shape index (κ3) is 4.75. The number of nitrogens with one attached hydrogen (secondary N) is 1. The Hall–Kier alpha value is -2.74. The highest BCUT2D eigenvalue weighted by Gasteiger charge is 2.28. The fourth-order valence-corrected chi connectivity index (χ4v) is 3.50. The molecule has 0 spiro atoms. The molecule has 0 amide bonds. The van der Waals surface area contributed by atoms with Crippen LogP contribution >= 0.6 is 11.8 Å². The number of aromatic nitrogens is 4. The molecular formula is C20H21N5O2S. The van der Waals surface area contributed by atoms with Crippen molar-refractivity contribution in [2.75, 3.05) is 5.32 Å². The largest absolute Gasteiger partial charge is 0.360 e. The molecule has 0 aliphatic heterocycles. The highest BCUT2D eigenvalue weighted by atomic mass is 32.2. The lowest BCUT2D eigenvalue weighted by atomic mass is 10.1. The van der Waals surface area contributed by atoms with Crippen LogP contribution in [0.2, 0.25) is 0 Å². The molecular weight excluding hydrogens is 374 g/mol. The fraction of sp³-hybridized carbons (Fsp3) is 0.350. The van der Waals surface area contributed by atoms with Gasteiger partial charge in [0.2, 0.25) is 5.95 Å². The molecule has 2 aromatic heterocycles. The molecule has 0 radical (unpaired) electrons. The molecule has 1 fully saturated rings. The van der Waals surface area contributed by atoms with E-state index >= 15 is 0 Å². The summed E-state index contributed by atoms with van der Waals surface area (Å²) in [7, 11) is 0. The van der Waals surface area contributed by atoms with Gasteiger partial charge in [-0.25, -0.2) is 4.98 Å². The van der Waals surface area contributed by atoms with E-state index in [4.69, 9.17) is 4.52 Å². The molecule has 1 aliphatic carbocycles. The number of carbonyl (C=O) groups excluding carboxylic acids is 1. The first-order valence-corrected chi connectivity index (χ1v) is 10.2. The predicted molar refractivity (Wildman–Crippen MR) is 106 cm³/mol. The normalized spacial score (nSPS) is 13.5. The van der Waals surface area contributed by atoms with Gasteiger partial charge in [-0.2, -0.15) is 9.97 Å². The van der Waals surface area contributed by atoms with Crippen molar-refractivity contribution in [3.63, 3.8) is 0 Å². The van der Waals surface area contributed by atoms with Crippen molar-refractivity contribution in [1.82, 2.24) is 20.1 Å². The topological polar surface area (TPSA) is 93.8 Å². The monoisotopic (exact) mass is 395 g/mol. The maximum atomic E-state index is 12.0. The molecule has 0 atom stereocenters. The minimum absolute atomic E-state index is 0.297. The van der Waals surface area contributed by atoms with E-state index in [1.54, 1.807) is 6.07 Å². The van der Waals surface area contributed by atoms with Gasteiger partial charge in [0.15, 0.2) is 11.0 Å². The minimum Gasteiger partial charge on any atom is -0.360 e. The number of rotatable bonds is 8. The molecule has 0 bridgehead atoms. The molecule has 0 unspecified atom stereocenters. The molecule has 0 saturated heterocycles. The van der Waals surface area contributed by atoms with Gasteiger partial charge < -0.3 is 9.84 Å². The van der Waals surface area contributed by atoms with Gasteiger partial charge in [0.05, 0.1) is 0 Å². The van der Waals surface area contributed by atoms with Gasteiger partial charge in [-0.3, -0.25) is 4.79 Å². The summed E-state index contributed by atoms with van der Waals surface area (Å²) in [5.41, 5.74) is 1.05. The van der Waals surface area contributed by atoms with Gasteiger partial charge in [-0.1, -0.05) is 24.2 Å². The molecule has 1 aliphatic rings. The minimum atomic E-state index is 0.297. The molecule has 1 N–H and O–H groups in total. The highest BCUT2D eigenvalue weighted by Crippen LogP contribution is 2.31. The van der Waals surface area contributed by atoms with E-state index in [2.05, 4.69) is 25.4 Å². The van der Waals surface area contributed by atoms with Crippen LogP contribution in [0.25, 0.3) is 0 Å². The Morgan fingerprint density at radius 3 is 2.64 bits per heavy atom. The number of anilines is 2. The lowest BCUT2D eigenvalue weighted by Crippen LogP contribution is -2.05. The molecule has 144 valence electrons. The maximum Gasteiger partial charge on any atom is 0.232 e. The van der Waals surface area contributed by atoms with Crippen molar-refractivity contribution in [2.45, 2.75) is 49.6 Å². The number of hydrogen-bond donors (Lipinski definition) is 1. The third-order valence-electron chi connectivity index (χ3n) is 4.39. The predicted octanol–water partition coefficient (Wildman–Crippen LogP) is 4.15. The van der Waals surface area contributed by atoms with E-state index < -0.39 is 0 Å². The lowest BCUT2D eigenvalue weighted by molar-refractivity contribution is -0.119. The standard InChI is InChI=1S/C20H21N5O2S/c1-3-17-21-19(22-18-10-12(2)27-25-18)24-20(23-17)28-15-8-4-13(5-9-15)11-16(26)14-6-7-14/h4-5,8-10,14H,3,6-7,11H2,1-2H3,(H,21,22,23,24,25). The van der Waals surface area contributed by atoms with E-state index in [1.165, 1.54) is 11.8 Å². The Morgan fingerprint density at radius 1 is 1.21 bits per heavy atom. The number of hydrogen-bond acceptors (Lipinski definition) is 8. The number of benzene rings is 1. The Bertz CT molecular complexity index is 983. The number of aryl methyl sites for hydroxylation is 2. The average Bonchev–Trinajstić information content (AvgIpc) is 3.46. The smallest absolute Gasteiger partial charge is 0.232 e. The Morgan fingerprint density at radius 2 is 2.00 bits per heavy atom. The quantitative estimate of drug-likeness (QED) is 0.608. The van der Waals surface area contributed by atoms with Crippen LogP contribution in [0.3, 0.4) is 0 Å². The summed E-state index contributed by atoms with van der Waals surface area (Å²) in [5, 5.41) is 7.57. The van der Waals surface area contributed by atoms with E-state index in [9.17, 15) is 4.79 Å². The summed E-state index contributed by atoms with van der Waals surface area (Å²) in [6, 6.07) is 9.79. The van der Waals surface area contributed by atoms with Crippen LogP contribution in [0.1, 0.15) is 36.9 Å². The summed E-state index contributed by atoms with van der Waals surface area (Å²) >= 11 is 1.46. The zero-order valence-electron chi connectivity index (χ0n) is 15.8. The molecule has 3 aromatic rings. The number of Topliss-reactive ketones (excluding diaryl/α,β-unsaturated/α-hetero) is 1. The van der Waals surface area contributed by atoms with Crippen LogP contribution in [0.4, 0.5) is 11.8 Å². The van der Waals surface area contributed by atoms with E-state index in [-0.39, 0.29) is 0 Å². The average molecular weight is 395 g/mol. The number of carbonyl (C=O) groups is 1. The Balaban J connectivity index is 1.47. The summed E-state index contributed by atoms with van der Waals surface area (Å²) in [6.07, 6.45) is 3.32. The van der Waals surface area contributed by atoms with Crippen molar-refractivity contribution < 1.29 is 9.32 Å². The van der Waals surface area contributed by atoms with Gasteiger partial charge >= 0.3 is 0 Å². The molecule has 7 nitrogen and oxygen atoms in total. The van der Waals surface area contributed by atoms with Crippen LogP contribution in [-0.2, 0) is 17.6 Å². The summed E-state index contributed by atoms with van der Waals surface area (Å²) in [6.45, 7) is 3.83. The maximum absolute atomic E-state index is 12.0. The third-order valence-corrected chi connectivity index (χ3v) is 5.26. The second-order valence-corrected chi connectivity index (χ2v) is 7.86. The zero-order chi connectivity index (χ0) is 19.5. The van der Waals surface area contributed by atoms with Gasteiger partial charge in [-0.05, 0) is 49.2 Å². The molecule has 1 saturated carbocycles. The van der Waals surface area contributed by atoms with E-state index in [0.29, 0.717) is 53.1 Å². The van der Waals surface area contributed by atoms with Gasteiger partial charge in [0, 0.05) is 29.7 Å². The first-order chi connectivity index (χ1) is 13.6. The number of ketones is 1. The van der Waals surface area contributed by atoms with Crippen LogP contribution in [0, 0.1) is 12.8 Å². The lowest BCUT2D eigenvalue weighted by Gasteiger charge is -2.07. The Labute approximate surface area is 167 Å². The van der Waals surface area contributed by atoms with Gasteiger partial charge in [0.1, 0.15) is 17.4 Å². The van der Waals surface area contributed by atoms with Gasteiger partial charge in [0.25, 0.3) is 0 Å². The second-order valence-electron chi connectivity index (χ2n) is 6.82. The van der Waals surface area contributed by atoms with Crippen LogP contribution in [0.5, 0.6) is 0 Å². The molecule has 8 heteroatoms. The molecule has 1 aromatic carbocycles. The Kier molecular flexibility index (Phi) is 5.38. The van der Waals surface area contributed by atoms with Crippen molar-refractivity contribution in [2.24, 2.45) is 5.92 Å².